The molecule has 0 aromatic heterocycles. The number of amidine groups is 1. The van der Waals surface area contributed by atoms with Gasteiger partial charge in [-0.15, -0.1) is 17.0 Å². The Hall–Kier alpha value is -0.940. The minimum Gasteiger partial charge on any atom is -0.497 e. The number of fused-ring (bicyclic) bond motifs is 2. The van der Waals surface area contributed by atoms with E-state index in [-0.39, 0.29) is 17.0 Å². The maximum absolute atomic E-state index is 5.23. The van der Waals surface area contributed by atoms with Gasteiger partial charge in [-0.2, -0.15) is 0 Å². The van der Waals surface area contributed by atoms with Crippen LogP contribution in [0.4, 0.5) is 0 Å². The topological polar surface area (TPSA) is 24.8 Å². The Kier molecular flexibility index (Phi) is 4.31. The first-order valence-corrected chi connectivity index (χ1v) is 8.10. The molecule has 4 rings (SSSR count). The van der Waals surface area contributed by atoms with Crippen molar-refractivity contribution in [3.8, 4) is 5.75 Å². The van der Waals surface area contributed by atoms with E-state index in [1.54, 1.807) is 18.9 Å². The summed E-state index contributed by atoms with van der Waals surface area (Å²) in [5.41, 5.74) is 2.54. The average molecular weight is 367 g/mol. The molecule has 2 heterocycles. The summed E-state index contributed by atoms with van der Waals surface area (Å²) in [4.78, 5) is 7.35. The Morgan fingerprint density at radius 1 is 1.24 bits per heavy atom. The van der Waals surface area contributed by atoms with Crippen LogP contribution in [-0.2, 0) is 0 Å². The number of aliphatic imine (C=N–C) groups is 1. The van der Waals surface area contributed by atoms with Crippen LogP contribution in [-0.4, -0.2) is 29.8 Å². The summed E-state index contributed by atoms with van der Waals surface area (Å²) in [5, 5.41) is 3.43. The van der Waals surface area contributed by atoms with Crippen molar-refractivity contribution in [1.82, 2.24) is 4.90 Å². The van der Waals surface area contributed by atoms with E-state index in [1.807, 2.05) is 12.1 Å². The molecule has 3 aliphatic rings. The van der Waals surface area contributed by atoms with Crippen molar-refractivity contribution in [2.45, 2.75) is 25.3 Å². The van der Waals surface area contributed by atoms with E-state index in [4.69, 9.17) is 9.73 Å². The van der Waals surface area contributed by atoms with Crippen LogP contribution < -0.4 is 4.74 Å². The largest absolute Gasteiger partial charge is 0.497 e. The Morgan fingerprint density at radius 2 is 2.05 bits per heavy atom. The summed E-state index contributed by atoms with van der Waals surface area (Å²) in [6.45, 7) is 1.13. The number of methoxy groups -OCH3 is 1. The van der Waals surface area contributed by atoms with Gasteiger partial charge in [0.05, 0.1) is 18.8 Å². The van der Waals surface area contributed by atoms with Gasteiger partial charge >= 0.3 is 0 Å². The fourth-order valence-electron chi connectivity index (χ4n) is 3.38. The number of benzene rings is 1. The number of hydrogen-bond acceptors (Lipinski definition) is 4. The number of nitrogens with zero attached hydrogens (tertiary/aromatic N) is 2. The summed E-state index contributed by atoms with van der Waals surface area (Å²) in [5.74, 6) is 1.66. The summed E-state index contributed by atoms with van der Waals surface area (Å²) >= 11 is 1.77. The second-order valence-corrected chi connectivity index (χ2v) is 6.47. The molecular weight excluding hydrogens is 348 g/mol. The van der Waals surface area contributed by atoms with Crippen LogP contribution in [0.5, 0.6) is 5.75 Å². The van der Waals surface area contributed by atoms with Gasteiger partial charge in [-0.05, 0) is 48.6 Å². The molecule has 1 aliphatic carbocycles. The number of rotatable bonds is 2. The molecule has 0 amide bonds. The van der Waals surface area contributed by atoms with Crippen LogP contribution in [0.15, 0.2) is 34.7 Å². The van der Waals surface area contributed by atoms with Gasteiger partial charge in [0.2, 0.25) is 0 Å². The van der Waals surface area contributed by atoms with Gasteiger partial charge in [0.25, 0.3) is 0 Å². The average Bonchev–Trinajstić information content (AvgIpc) is 3.10. The maximum atomic E-state index is 5.23. The third kappa shape index (κ3) is 2.61. The minimum absolute atomic E-state index is 0. The molecule has 21 heavy (non-hydrogen) atoms. The molecule has 0 saturated heterocycles. The Bertz CT molecular complexity index is 584. The molecule has 112 valence electrons. The molecule has 1 fully saturated rings. The van der Waals surface area contributed by atoms with Gasteiger partial charge in [0.1, 0.15) is 5.75 Å². The van der Waals surface area contributed by atoms with Gasteiger partial charge in [-0.1, -0.05) is 18.2 Å². The molecule has 2 unspecified atom stereocenters. The van der Waals surface area contributed by atoms with E-state index in [2.05, 4.69) is 22.4 Å². The molecule has 2 aliphatic heterocycles. The normalized spacial score (nSPS) is 26.4. The lowest BCUT2D eigenvalue weighted by Gasteiger charge is -2.32. The van der Waals surface area contributed by atoms with E-state index in [1.165, 1.54) is 35.7 Å². The standard InChI is InChI=1S/C16H18N2OS.BrH/c1-19-13-7-5-11(6-8-13)15-10-20-16-17-14-4-2-3-12(14)9-18(15)16;/h5-8,10,12,14H,2-4,9H2,1H3;1H. The van der Waals surface area contributed by atoms with Crippen LogP contribution in [0, 0.1) is 5.92 Å². The maximum Gasteiger partial charge on any atom is 0.168 e. The Balaban J connectivity index is 0.00000132. The third-order valence-electron chi connectivity index (χ3n) is 4.50. The smallest absolute Gasteiger partial charge is 0.168 e. The highest BCUT2D eigenvalue weighted by molar-refractivity contribution is 8.93. The first-order valence-electron chi connectivity index (χ1n) is 7.22. The summed E-state index contributed by atoms with van der Waals surface area (Å²) < 4.78 is 5.23. The van der Waals surface area contributed by atoms with Crippen molar-refractivity contribution in [3.05, 3.63) is 35.2 Å². The lowest BCUT2D eigenvalue weighted by atomic mass is 10.0. The summed E-state index contributed by atoms with van der Waals surface area (Å²) in [6, 6.07) is 8.90. The predicted molar refractivity (Wildman–Crippen MR) is 94.2 cm³/mol. The number of ether oxygens (including phenoxy) is 1. The van der Waals surface area contributed by atoms with Crippen LogP contribution >= 0.6 is 28.7 Å². The van der Waals surface area contributed by atoms with Crippen LogP contribution in [0.3, 0.4) is 0 Å². The van der Waals surface area contributed by atoms with E-state index in [9.17, 15) is 0 Å². The fourth-order valence-corrected chi connectivity index (χ4v) is 4.35. The first kappa shape index (κ1) is 15.0. The highest BCUT2D eigenvalue weighted by atomic mass is 79.9. The molecule has 0 N–H and O–H groups in total. The van der Waals surface area contributed by atoms with Gasteiger partial charge in [0.15, 0.2) is 5.17 Å². The molecule has 3 nitrogen and oxygen atoms in total. The highest BCUT2D eigenvalue weighted by Crippen LogP contribution is 2.41. The second kappa shape index (κ2) is 6.05. The monoisotopic (exact) mass is 366 g/mol. The van der Waals surface area contributed by atoms with Gasteiger partial charge < -0.3 is 9.64 Å². The first-order chi connectivity index (χ1) is 9.85. The van der Waals surface area contributed by atoms with Crippen LogP contribution in [0.1, 0.15) is 24.8 Å². The molecule has 5 heteroatoms. The third-order valence-corrected chi connectivity index (χ3v) is 5.37. The highest BCUT2D eigenvalue weighted by Gasteiger charge is 2.37. The summed E-state index contributed by atoms with van der Waals surface area (Å²) in [7, 11) is 1.70. The number of hydrogen-bond donors (Lipinski definition) is 0. The SMILES string of the molecule is Br.COc1ccc(C2=CSC3=NC4CCCC4CN23)cc1. The van der Waals surface area contributed by atoms with E-state index < -0.39 is 0 Å². The van der Waals surface area contributed by atoms with Crippen molar-refractivity contribution in [2.75, 3.05) is 13.7 Å². The second-order valence-electron chi connectivity index (χ2n) is 5.63. The lowest BCUT2D eigenvalue weighted by molar-refractivity contribution is 0.371. The zero-order valence-electron chi connectivity index (χ0n) is 12.0. The fraction of sp³-hybridized carbons (Fsp3) is 0.438. The molecule has 0 radical (unpaired) electrons. The van der Waals surface area contributed by atoms with Crippen molar-refractivity contribution in [1.29, 1.82) is 0 Å². The lowest BCUT2D eigenvalue weighted by Crippen LogP contribution is -2.37. The Labute approximate surface area is 140 Å². The van der Waals surface area contributed by atoms with Crippen molar-refractivity contribution in [3.63, 3.8) is 0 Å². The minimum atomic E-state index is 0. The quantitative estimate of drug-likeness (QED) is 0.785. The zero-order valence-corrected chi connectivity index (χ0v) is 14.5. The zero-order chi connectivity index (χ0) is 13.5. The molecule has 0 bridgehead atoms. The van der Waals surface area contributed by atoms with Gasteiger partial charge in [-0.3, -0.25) is 4.99 Å². The van der Waals surface area contributed by atoms with Gasteiger partial charge in [0, 0.05) is 12.0 Å². The number of halogens is 1. The Morgan fingerprint density at radius 3 is 2.81 bits per heavy atom. The molecule has 1 aromatic rings. The molecule has 0 spiro atoms. The van der Waals surface area contributed by atoms with Crippen molar-refractivity contribution in [2.24, 2.45) is 10.9 Å². The predicted octanol–water partition coefficient (Wildman–Crippen LogP) is 4.16. The van der Waals surface area contributed by atoms with E-state index in [0.717, 1.165) is 18.2 Å². The molecular formula is C16H19BrN2OS. The van der Waals surface area contributed by atoms with Gasteiger partial charge in [-0.25, -0.2) is 0 Å². The van der Waals surface area contributed by atoms with E-state index >= 15 is 0 Å². The number of thioether (sulfide) groups is 1. The van der Waals surface area contributed by atoms with Crippen molar-refractivity contribution < 1.29 is 4.74 Å². The molecule has 1 saturated carbocycles. The molecule has 1 aromatic carbocycles. The van der Waals surface area contributed by atoms with Crippen LogP contribution in [0.25, 0.3) is 5.70 Å². The van der Waals surface area contributed by atoms with Crippen molar-refractivity contribution >= 4 is 39.6 Å². The van der Waals surface area contributed by atoms with Crippen LogP contribution in [0.2, 0.25) is 0 Å². The molecule has 2 atom stereocenters. The van der Waals surface area contributed by atoms with E-state index in [0.29, 0.717) is 6.04 Å². The summed E-state index contributed by atoms with van der Waals surface area (Å²) in [6.07, 6.45) is 3.95.